The Morgan fingerprint density at radius 1 is 0.500 bits per heavy atom. The van der Waals surface area contributed by atoms with Crippen molar-refractivity contribution in [1.82, 2.24) is 9.13 Å². The number of ether oxygens (including phenoxy) is 2. The summed E-state index contributed by atoms with van der Waals surface area (Å²) < 4.78 is 17.0. The molecule has 0 saturated carbocycles. The Labute approximate surface area is 350 Å². The van der Waals surface area contributed by atoms with Gasteiger partial charge in [-0.05, 0) is 97.9 Å². The molecule has 0 aliphatic heterocycles. The molecule has 0 fully saturated rings. The van der Waals surface area contributed by atoms with Gasteiger partial charge in [0.2, 0.25) is 0 Å². The van der Waals surface area contributed by atoms with Crippen LogP contribution in [0, 0.1) is 11.8 Å². The first-order valence-corrected chi connectivity index (χ1v) is 21.5. The highest BCUT2D eigenvalue weighted by atomic mass is 16.5. The maximum atomic E-state index is 13.9. The Kier molecular flexibility index (Phi) is 9.74. The van der Waals surface area contributed by atoms with Gasteiger partial charge in [0, 0.05) is 59.6 Å². The fourth-order valence-electron chi connectivity index (χ4n) is 10.1. The largest absolute Gasteiger partial charge is 0.494 e. The third-order valence-electron chi connectivity index (χ3n) is 12.9. The molecule has 4 aromatic carbocycles. The second kappa shape index (κ2) is 15.4. The van der Waals surface area contributed by atoms with Crippen LogP contribution in [-0.2, 0) is 38.8 Å². The molecule has 2 heterocycles. The summed E-state index contributed by atoms with van der Waals surface area (Å²) in [7, 11) is 0. The average molecular weight is 797 g/mol. The zero-order chi connectivity index (χ0) is 41.1. The zero-order valence-electron chi connectivity index (χ0n) is 34.2. The first kappa shape index (κ1) is 38.0. The van der Waals surface area contributed by atoms with E-state index in [9.17, 15) is 19.2 Å². The Morgan fingerprint density at radius 2 is 0.917 bits per heavy atom. The summed E-state index contributed by atoms with van der Waals surface area (Å²) in [6.07, 6.45) is 5.57. The van der Waals surface area contributed by atoms with Crippen molar-refractivity contribution in [3.05, 3.63) is 153 Å². The van der Waals surface area contributed by atoms with Crippen molar-refractivity contribution in [3.8, 4) is 34.0 Å². The first-order chi connectivity index (χ1) is 29.2. The Hall–Kier alpha value is -6.28. The van der Waals surface area contributed by atoms with E-state index in [0.29, 0.717) is 84.0 Å². The number of carbonyl (C=O) groups is 4. The molecule has 0 bridgehead atoms. The molecule has 6 aromatic rings. The summed E-state index contributed by atoms with van der Waals surface area (Å²) >= 11 is 0. The van der Waals surface area contributed by atoms with E-state index in [-0.39, 0.29) is 35.0 Å². The van der Waals surface area contributed by atoms with E-state index in [0.717, 1.165) is 72.4 Å². The summed E-state index contributed by atoms with van der Waals surface area (Å²) in [6, 6.07) is 32.0. The third-order valence-corrected chi connectivity index (χ3v) is 12.9. The van der Waals surface area contributed by atoms with Crippen LogP contribution in [0.1, 0.15) is 115 Å². The van der Waals surface area contributed by atoms with Gasteiger partial charge in [0.25, 0.3) is 0 Å². The fourth-order valence-corrected chi connectivity index (χ4v) is 10.1. The minimum Gasteiger partial charge on any atom is -0.494 e. The van der Waals surface area contributed by atoms with Gasteiger partial charge in [0.05, 0.1) is 46.9 Å². The molecule has 0 radical (unpaired) electrons. The van der Waals surface area contributed by atoms with Crippen LogP contribution >= 0.6 is 0 Å². The van der Waals surface area contributed by atoms with E-state index in [2.05, 4.69) is 47.2 Å². The van der Waals surface area contributed by atoms with Gasteiger partial charge in [-0.25, -0.2) is 0 Å². The molecule has 2 unspecified atom stereocenters. The summed E-state index contributed by atoms with van der Waals surface area (Å²) in [5.74, 6) is 1.82. The van der Waals surface area contributed by atoms with Crippen molar-refractivity contribution < 1.29 is 28.7 Å². The molecule has 60 heavy (non-hydrogen) atoms. The molecule has 8 nitrogen and oxygen atoms in total. The van der Waals surface area contributed by atoms with Crippen LogP contribution in [0.2, 0.25) is 0 Å². The van der Waals surface area contributed by atoms with E-state index >= 15 is 0 Å². The van der Waals surface area contributed by atoms with Gasteiger partial charge >= 0.3 is 0 Å². The molecule has 10 rings (SSSR count). The minimum absolute atomic E-state index is 0.0646. The lowest BCUT2D eigenvalue weighted by Gasteiger charge is -2.22. The molecular formula is C52H48N2O6. The van der Waals surface area contributed by atoms with E-state index in [1.807, 2.05) is 72.8 Å². The Bertz CT molecular complexity index is 2530. The fraction of sp³-hybridized carbons (Fsp3) is 0.308. The van der Waals surface area contributed by atoms with Crippen LogP contribution in [-0.4, -0.2) is 45.5 Å². The Balaban J connectivity index is 0.824. The summed E-state index contributed by atoms with van der Waals surface area (Å²) in [5.41, 5.74) is 11.4. The smallest absolute Gasteiger partial charge is 0.196 e. The molecule has 302 valence electrons. The lowest BCUT2D eigenvalue weighted by Crippen LogP contribution is -2.21. The van der Waals surface area contributed by atoms with Crippen LogP contribution < -0.4 is 9.47 Å². The molecular weight excluding hydrogens is 749 g/mol. The number of ketones is 4. The lowest BCUT2D eigenvalue weighted by atomic mass is 9.86. The van der Waals surface area contributed by atoms with Crippen LogP contribution in [0.3, 0.4) is 0 Å². The van der Waals surface area contributed by atoms with E-state index in [4.69, 9.17) is 9.47 Å². The van der Waals surface area contributed by atoms with E-state index in [1.54, 1.807) is 0 Å². The van der Waals surface area contributed by atoms with E-state index < -0.39 is 0 Å². The first-order valence-electron chi connectivity index (χ1n) is 21.5. The van der Waals surface area contributed by atoms with Crippen LogP contribution in [0.4, 0.5) is 0 Å². The second-order valence-corrected chi connectivity index (χ2v) is 17.2. The number of benzene rings is 4. The molecule has 8 heteroatoms. The van der Waals surface area contributed by atoms with Crippen molar-refractivity contribution in [2.75, 3.05) is 13.2 Å². The summed E-state index contributed by atoms with van der Waals surface area (Å²) in [6.45, 7) is 6.53. The quantitative estimate of drug-likeness (QED) is 0.108. The molecule has 4 aliphatic rings. The predicted octanol–water partition coefficient (Wildman–Crippen LogP) is 9.97. The highest BCUT2D eigenvalue weighted by molar-refractivity contribution is 6.27. The monoisotopic (exact) mass is 796 g/mol. The Morgan fingerprint density at radius 3 is 1.33 bits per heavy atom. The van der Waals surface area contributed by atoms with Crippen LogP contribution in [0.5, 0.6) is 11.5 Å². The third kappa shape index (κ3) is 6.53. The maximum Gasteiger partial charge on any atom is 0.196 e. The van der Waals surface area contributed by atoms with Gasteiger partial charge in [0.15, 0.2) is 23.1 Å². The van der Waals surface area contributed by atoms with Gasteiger partial charge < -0.3 is 18.6 Å². The summed E-state index contributed by atoms with van der Waals surface area (Å²) in [4.78, 5) is 54.7. The van der Waals surface area contributed by atoms with Crippen LogP contribution in [0.15, 0.2) is 97.1 Å². The highest BCUT2D eigenvalue weighted by Gasteiger charge is 2.42. The van der Waals surface area contributed by atoms with Gasteiger partial charge in [0.1, 0.15) is 11.5 Å². The topological polar surface area (TPSA) is 96.6 Å². The molecule has 0 N–H and O–H groups in total. The normalized spacial score (nSPS) is 17.2. The number of hydrogen-bond donors (Lipinski definition) is 0. The molecule has 0 spiro atoms. The number of hydrogen-bond acceptors (Lipinski definition) is 6. The van der Waals surface area contributed by atoms with Crippen molar-refractivity contribution in [2.24, 2.45) is 11.8 Å². The standard InChI is InChI=1S/C52H48N2O6/c1-31-25-41-45(43(55)27-31)47-49(53(41)21-19-33-11-5-3-6-12-33)39-29-35(15-17-37(39)51(47)57)59-23-9-10-24-60-36-16-18-38-40(30-36)50-48(52(38)58)46-42(26-32(2)28-44(46)56)54(50)22-20-34-13-7-4-8-14-34/h3-8,11-18,29-32H,9-10,19-28H2,1-2H3. The second-order valence-electron chi connectivity index (χ2n) is 17.2. The van der Waals surface area contributed by atoms with Crippen molar-refractivity contribution in [3.63, 3.8) is 0 Å². The predicted molar refractivity (Wildman–Crippen MR) is 231 cm³/mol. The molecule has 4 aliphatic carbocycles. The molecule has 0 amide bonds. The molecule has 0 saturated heterocycles. The molecule has 2 aromatic heterocycles. The number of aromatic nitrogens is 2. The number of aryl methyl sites for hydroxylation is 2. The number of carbonyl (C=O) groups excluding carboxylic acids is 4. The number of rotatable bonds is 13. The van der Waals surface area contributed by atoms with Gasteiger partial charge in [-0.1, -0.05) is 74.5 Å². The maximum absolute atomic E-state index is 13.9. The van der Waals surface area contributed by atoms with E-state index in [1.165, 1.54) is 11.1 Å². The number of fused-ring (bicyclic) bond motifs is 10. The SMILES string of the molecule is CC1CC(=O)c2c3c(n(CCc4ccccc4)c2C1)-c1cc(OCCCCOc2ccc4c(c2)-c2c(c5c(n2CCc2ccccc2)CC(C)CC5=O)C4=O)ccc1C3=O. The van der Waals surface area contributed by atoms with Crippen molar-refractivity contribution in [2.45, 2.75) is 78.3 Å². The minimum atomic E-state index is -0.0727. The number of nitrogens with zero attached hydrogens (tertiary/aromatic N) is 2. The van der Waals surface area contributed by atoms with Gasteiger partial charge in [-0.2, -0.15) is 0 Å². The molecule has 2 atom stereocenters. The average Bonchev–Trinajstić information content (AvgIpc) is 3.93. The van der Waals surface area contributed by atoms with Crippen molar-refractivity contribution in [1.29, 1.82) is 0 Å². The number of unbranched alkanes of at least 4 members (excludes halogenated alkanes) is 1. The lowest BCUT2D eigenvalue weighted by molar-refractivity contribution is 0.0937. The van der Waals surface area contributed by atoms with Gasteiger partial charge in [-0.15, -0.1) is 0 Å². The van der Waals surface area contributed by atoms with Crippen molar-refractivity contribution >= 4 is 23.1 Å². The van der Waals surface area contributed by atoms with Crippen LogP contribution in [0.25, 0.3) is 22.5 Å². The zero-order valence-corrected chi connectivity index (χ0v) is 34.2. The number of Topliss-reactive ketones (excluding diaryl/α,β-unsaturated/α-hetero) is 2. The van der Waals surface area contributed by atoms with Gasteiger partial charge in [-0.3, -0.25) is 19.2 Å². The highest BCUT2D eigenvalue weighted by Crippen LogP contribution is 2.47. The summed E-state index contributed by atoms with van der Waals surface area (Å²) in [5, 5.41) is 0.